The van der Waals surface area contributed by atoms with Gasteiger partial charge in [-0.15, -0.1) is 0 Å². The van der Waals surface area contributed by atoms with Gasteiger partial charge in [0.15, 0.2) is 0 Å². The second-order valence-corrected chi connectivity index (χ2v) is 7.62. The zero-order valence-corrected chi connectivity index (χ0v) is 17.9. The van der Waals surface area contributed by atoms with Crippen molar-refractivity contribution in [2.45, 2.75) is 19.6 Å². The smallest absolute Gasteiger partial charge is 0.404 e. The van der Waals surface area contributed by atoms with E-state index in [9.17, 15) is 9.59 Å². The van der Waals surface area contributed by atoms with E-state index in [1.807, 2.05) is 24.3 Å². The van der Waals surface area contributed by atoms with Crippen LogP contribution in [0.4, 0.5) is 9.59 Å². The first-order valence-electron chi connectivity index (χ1n) is 9.37. The molecule has 4 rings (SSSR count). The topological polar surface area (TPSA) is 102 Å². The lowest BCUT2D eigenvalue weighted by Crippen LogP contribution is -2.20. The van der Waals surface area contributed by atoms with E-state index >= 15 is 0 Å². The minimum Gasteiger partial charge on any atom is -0.465 e. The van der Waals surface area contributed by atoms with E-state index in [2.05, 4.69) is 28.3 Å². The number of carbonyl (C=O) groups excluding carboxylic acids is 1. The molecule has 4 N–H and O–H groups in total. The Morgan fingerprint density at radius 2 is 1.74 bits per heavy atom. The summed E-state index contributed by atoms with van der Waals surface area (Å²) in [5, 5.41) is 12.1. The maximum Gasteiger partial charge on any atom is 0.404 e. The van der Waals surface area contributed by atoms with Crippen molar-refractivity contribution in [1.29, 1.82) is 0 Å². The van der Waals surface area contributed by atoms with Gasteiger partial charge in [0, 0.05) is 22.2 Å². The first kappa shape index (κ1) is 22.5. The zero-order valence-electron chi connectivity index (χ0n) is 16.4. The number of halogens is 2. The molecule has 0 atom stereocenters. The van der Waals surface area contributed by atoms with Crippen molar-refractivity contribution in [3.8, 4) is 11.1 Å². The fraction of sp³-hybridized carbons (Fsp3) is 0.130. The molecule has 160 valence electrons. The SMILES string of the molecule is NC(=O)OCc1ccc(Cl)cc1Cl.O=C(O)NCc1cccc2c1Cc1ccccc1-2. The Morgan fingerprint density at radius 1 is 1.00 bits per heavy atom. The van der Waals surface area contributed by atoms with Crippen LogP contribution in [0.25, 0.3) is 11.1 Å². The molecule has 3 aromatic rings. The van der Waals surface area contributed by atoms with Crippen LogP contribution in [-0.4, -0.2) is 17.3 Å². The lowest BCUT2D eigenvalue weighted by atomic mass is 10.0. The molecule has 1 aliphatic carbocycles. The maximum absolute atomic E-state index is 10.6. The molecule has 6 nitrogen and oxygen atoms in total. The lowest BCUT2D eigenvalue weighted by Gasteiger charge is -2.08. The molecule has 0 aromatic heterocycles. The highest BCUT2D eigenvalue weighted by Gasteiger charge is 2.20. The summed E-state index contributed by atoms with van der Waals surface area (Å²) in [6.45, 7) is 0.428. The van der Waals surface area contributed by atoms with Crippen molar-refractivity contribution in [2.75, 3.05) is 0 Å². The van der Waals surface area contributed by atoms with E-state index in [-0.39, 0.29) is 6.61 Å². The molecule has 0 saturated heterocycles. The Morgan fingerprint density at radius 3 is 2.45 bits per heavy atom. The Kier molecular flexibility index (Phi) is 7.39. The summed E-state index contributed by atoms with van der Waals surface area (Å²) in [4.78, 5) is 20.9. The summed E-state index contributed by atoms with van der Waals surface area (Å²) in [7, 11) is 0. The lowest BCUT2D eigenvalue weighted by molar-refractivity contribution is 0.150. The molecule has 2 amide bonds. The number of fused-ring (bicyclic) bond motifs is 3. The van der Waals surface area contributed by atoms with Crippen molar-refractivity contribution < 1.29 is 19.4 Å². The van der Waals surface area contributed by atoms with E-state index in [0.29, 0.717) is 22.2 Å². The number of carbonyl (C=O) groups is 2. The van der Waals surface area contributed by atoms with Crippen molar-refractivity contribution in [3.05, 3.63) is 93.0 Å². The van der Waals surface area contributed by atoms with Crippen LogP contribution < -0.4 is 11.1 Å². The number of rotatable bonds is 4. The van der Waals surface area contributed by atoms with Crippen LogP contribution in [-0.2, 0) is 24.3 Å². The minimum atomic E-state index is -0.983. The highest BCUT2D eigenvalue weighted by molar-refractivity contribution is 6.35. The van der Waals surface area contributed by atoms with Crippen molar-refractivity contribution >= 4 is 35.4 Å². The number of benzene rings is 3. The van der Waals surface area contributed by atoms with Gasteiger partial charge < -0.3 is 20.9 Å². The van der Waals surface area contributed by atoms with Gasteiger partial charge in [0.25, 0.3) is 0 Å². The van der Waals surface area contributed by atoms with Crippen LogP contribution in [0.5, 0.6) is 0 Å². The predicted octanol–water partition coefficient (Wildman–Crippen LogP) is 5.61. The first-order valence-corrected chi connectivity index (χ1v) is 10.1. The van der Waals surface area contributed by atoms with Crippen molar-refractivity contribution in [2.24, 2.45) is 5.73 Å². The van der Waals surface area contributed by atoms with Crippen molar-refractivity contribution in [3.63, 3.8) is 0 Å². The van der Waals surface area contributed by atoms with Crippen LogP contribution >= 0.6 is 23.2 Å². The summed E-state index contributed by atoms with van der Waals surface area (Å²) in [5.74, 6) is 0. The Hall–Kier alpha value is -3.22. The first-order chi connectivity index (χ1) is 14.8. The number of hydrogen-bond acceptors (Lipinski definition) is 3. The third kappa shape index (κ3) is 5.90. The van der Waals surface area contributed by atoms with E-state index in [1.54, 1.807) is 18.2 Å². The summed E-state index contributed by atoms with van der Waals surface area (Å²) in [6, 6.07) is 19.3. The number of nitrogens with two attached hydrogens (primary N) is 1. The molecular weight excluding hydrogens is 439 g/mol. The highest BCUT2D eigenvalue weighted by Crippen LogP contribution is 2.37. The average Bonchev–Trinajstić information content (AvgIpc) is 3.11. The van der Waals surface area contributed by atoms with Gasteiger partial charge in [0.1, 0.15) is 6.61 Å². The summed E-state index contributed by atoms with van der Waals surface area (Å²) >= 11 is 11.5. The fourth-order valence-electron chi connectivity index (χ4n) is 3.35. The van der Waals surface area contributed by atoms with Crippen LogP contribution in [0, 0.1) is 0 Å². The van der Waals surface area contributed by atoms with Gasteiger partial charge in [0.2, 0.25) is 0 Å². The Balaban J connectivity index is 0.000000187. The standard InChI is InChI=1S/C15H13NO2.C8H7Cl2NO2/c17-15(18)16-9-11-5-3-7-13-12-6-2-1-4-10(12)8-14(11)13;9-6-2-1-5(7(10)3-6)4-13-8(11)12/h1-7,16H,8-9H2,(H,17,18);1-3H,4H2,(H2,11,12). The molecule has 8 heteroatoms. The molecule has 31 heavy (non-hydrogen) atoms. The Bertz CT molecular complexity index is 1120. The minimum absolute atomic E-state index is 0.0608. The molecular formula is C23H20Cl2N2O4. The quantitative estimate of drug-likeness (QED) is 0.369. The molecule has 0 radical (unpaired) electrons. The predicted molar refractivity (Wildman–Crippen MR) is 120 cm³/mol. The maximum atomic E-state index is 10.6. The number of nitrogens with one attached hydrogen (secondary N) is 1. The second kappa shape index (κ2) is 10.2. The van der Waals surface area contributed by atoms with Crippen LogP contribution in [0.15, 0.2) is 60.7 Å². The molecule has 0 aliphatic heterocycles. The van der Waals surface area contributed by atoms with E-state index in [4.69, 9.17) is 34.0 Å². The van der Waals surface area contributed by atoms with Crippen LogP contribution in [0.2, 0.25) is 10.0 Å². The number of ether oxygens (including phenoxy) is 1. The molecule has 0 unspecified atom stereocenters. The third-order valence-corrected chi connectivity index (χ3v) is 5.35. The number of primary amides is 1. The molecule has 0 heterocycles. The van der Waals surface area contributed by atoms with Gasteiger partial charge in [-0.3, -0.25) is 0 Å². The molecule has 0 fully saturated rings. The van der Waals surface area contributed by atoms with Gasteiger partial charge in [-0.1, -0.05) is 71.7 Å². The average molecular weight is 459 g/mol. The largest absolute Gasteiger partial charge is 0.465 e. The molecule has 0 bridgehead atoms. The highest BCUT2D eigenvalue weighted by atomic mass is 35.5. The number of carboxylic acid groups (broad SMARTS) is 1. The van der Waals surface area contributed by atoms with E-state index < -0.39 is 12.2 Å². The molecule has 0 spiro atoms. The van der Waals surface area contributed by atoms with Gasteiger partial charge in [0.05, 0.1) is 0 Å². The summed E-state index contributed by atoms with van der Waals surface area (Å²) in [6.07, 6.45) is -0.919. The molecule has 3 aromatic carbocycles. The van der Waals surface area contributed by atoms with Gasteiger partial charge in [-0.2, -0.15) is 0 Å². The van der Waals surface area contributed by atoms with Crippen molar-refractivity contribution in [1.82, 2.24) is 5.32 Å². The van der Waals surface area contributed by atoms with E-state index in [1.165, 1.54) is 22.3 Å². The van der Waals surface area contributed by atoms with Crippen LogP contribution in [0.1, 0.15) is 22.3 Å². The monoisotopic (exact) mass is 458 g/mol. The third-order valence-electron chi connectivity index (χ3n) is 4.76. The fourth-order valence-corrected chi connectivity index (χ4v) is 3.81. The van der Waals surface area contributed by atoms with Gasteiger partial charge >= 0.3 is 12.2 Å². The van der Waals surface area contributed by atoms with Gasteiger partial charge in [-0.05, 0) is 46.4 Å². The zero-order chi connectivity index (χ0) is 22.4. The summed E-state index contributed by atoms with van der Waals surface area (Å²) in [5.41, 5.74) is 11.6. The normalized spacial score (nSPS) is 10.9. The number of hydrogen-bond donors (Lipinski definition) is 3. The summed E-state index contributed by atoms with van der Waals surface area (Å²) < 4.78 is 4.56. The van der Waals surface area contributed by atoms with E-state index in [0.717, 1.165) is 12.0 Å². The number of amides is 2. The molecule has 1 aliphatic rings. The van der Waals surface area contributed by atoms with Gasteiger partial charge in [-0.25, -0.2) is 9.59 Å². The van der Waals surface area contributed by atoms with Crippen LogP contribution in [0.3, 0.4) is 0 Å². The second-order valence-electron chi connectivity index (χ2n) is 6.78. The Labute approximate surface area is 189 Å². The molecule has 0 saturated carbocycles.